The van der Waals surface area contributed by atoms with E-state index in [1.54, 1.807) is 0 Å². The van der Waals surface area contributed by atoms with Crippen LogP contribution in [0.25, 0.3) is 0 Å². The Labute approximate surface area is 116 Å². The smallest absolute Gasteiger partial charge is 0.0410 e. The first kappa shape index (κ1) is 13.3. The van der Waals surface area contributed by atoms with Crippen molar-refractivity contribution in [2.45, 2.75) is 6.54 Å². The predicted molar refractivity (Wildman–Crippen MR) is 74.4 cm³/mol. The molecule has 1 aromatic rings. The second kappa shape index (κ2) is 6.69. The quantitative estimate of drug-likeness (QED) is 0.794. The molecular weight excluding hydrogens is 302 g/mol. The molecule has 1 saturated heterocycles. The van der Waals surface area contributed by atoms with Gasteiger partial charge >= 0.3 is 0 Å². The summed E-state index contributed by atoms with van der Waals surface area (Å²) in [4.78, 5) is 9.08. The van der Waals surface area contributed by atoms with Crippen LogP contribution in [0.1, 0.15) is 5.56 Å². The maximum absolute atomic E-state index is 5.75. The van der Waals surface area contributed by atoms with Crippen LogP contribution in [0.3, 0.4) is 0 Å². The van der Waals surface area contributed by atoms with E-state index in [2.05, 4.69) is 36.8 Å². The number of hydrogen-bond donors (Lipinski definition) is 0. The van der Waals surface area contributed by atoms with Gasteiger partial charge in [0.2, 0.25) is 0 Å². The summed E-state index contributed by atoms with van der Waals surface area (Å²) >= 11 is 9.20. The Morgan fingerprint density at radius 1 is 1.18 bits per heavy atom. The SMILES string of the molecule is ClCCN1CCN(Cc2cncc(Br)c2)CC1. The van der Waals surface area contributed by atoms with Crippen LogP contribution in [-0.2, 0) is 6.54 Å². The lowest BCUT2D eigenvalue weighted by Gasteiger charge is -2.34. The first-order valence-corrected chi connectivity index (χ1v) is 7.21. The van der Waals surface area contributed by atoms with Gasteiger partial charge in [0, 0.05) is 62.0 Å². The van der Waals surface area contributed by atoms with Crippen molar-refractivity contribution in [1.29, 1.82) is 0 Å². The Bertz CT molecular complexity index is 353. The molecular formula is C12H17BrClN3. The van der Waals surface area contributed by atoms with Crippen molar-refractivity contribution >= 4 is 27.5 Å². The van der Waals surface area contributed by atoms with Gasteiger partial charge in [0.15, 0.2) is 0 Å². The predicted octanol–water partition coefficient (Wildman–Crippen LogP) is 2.20. The Morgan fingerprint density at radius 2 is 1.88 bits per heavy atom. The second-order valence-corrected chi connectivity index (χ2v) is 5.61. The molecule has 0 aliphatic carbocycles. The van der Waals surface area contributed by atoms with Crippen molar-refractivity contribution in [2.24, 2.45) is 0 Å². The zero-order chi connectivity index (χ0) is 12.1. The van der Waals surface area contributed by atoms with Crippen molar-refractivity contribution in [3.8, 4) is 0 Å². The number of piperazine rings is 1. The number of aromatic nitrogens is 1. The third-order valence-corrected chi connectivity index (χ3v) is 3.64. The number of alkyl halides is 1. The Kier molecular flexibility index (Phi) is 5.22. The van der Waals surface area contributed by atoms with Crippen LogP contribution < -0.4 is 0 Å². The molecule has 0 spiro atoms. The van der Waals surface area contributed by atoms with Crippen LogP contribution in [0.15, 0.2) is 22.9 Å². The minimum atomic E-state index is 0.732. The standard InChI is InChI=1S/C12H17BrClN3/c13-12-7-11(8-15-9-12)10-17-5-3-16(2-1-14)4-6-17/h7-9H,1-6,10H2. The molecule has 0 unspecified atom stereocenters. The van der Waals surface area contributed by atoms with Crippen LogP contribution in [0, 0.1) is 0 Å². The Balaban J connectivity index is 1.82. The number of nitrogens with zero attached hydrogens (tertiary/aromatic N) is 3. The highest BCUT2D eigenvalue weighted by atomic mass is 79.9. The van der Waals surface area contributed by atoms with Gasteiger partial charge in [-0.2, -0.15) is 0 Å². The fraction of sp³-hybridized carbons (Fsp3) is 0.583. The highest BCUT2D eigenvalue weighted by Gasteiger charge is 2.16. The average Bonchev–Trinajstić information content (AvgIpc) is 2.32. The first-order valence-electron chi connectivity index (χ1n) is 5.88. The molecule has 5 heteroatoms. The molecule has 2 heterocycles. The summed E-state index contributed by atoms with van der Waals surface area (Å²) < 4.78 is 1.05. The number of pyridine rings is 1. The van der Waals surface area contributed by atoms with Crippen LogP contribution in [0.2, 0.25) is 0 Å². The highest BCUT2D eigenvalue weighted by Crippen LogP contribution is 2.12. The third kappa shape index (κ3) is 4.21. The molecule has 0 amide bonds. The lowest BCUT2D eigenvalue weighted by atomic mass is 10.2. The average molecular weight is 319 g/mol. The molecule has 0 aromatic carbocycles. The molecule has 1 aliphatic heterocycles. The lowest BCUT2D eigenvalue weighted by Crippen LogP contribution is -2.46. The van der Waals surface area contributed by atoms with Gasteiger partial charge in [0.25, 0.3) is 0 Å². The van der Waals surface area contributed by atoms with E-state index in [1.807, 2.05) is 12.4 Å². The van der Waals surface area contributed by atoms with Gasteiger partial charge in [-0.3, -0.25) is 14.8 Å². The minimum Gasteiger partial charge on any atom is -0.300 e. The summed E-state index contributed by atoms with van der Waals surface area (Å²) in [5.74, 6) is 0.732. The summed E-state index contributed by atoms with van der Waals surface area (Å²) in [7, 11) is 0. The molecule has 3 nitrogen and oxygen atoms in total. The van der Waals surface area contributed by atoms with Gasteiger partial charge in [-0.05, 0) is 27.6 Å². The molecule has 0 atom stereocenters. The topological polar surface area (TPSA) is 19.4 Å². The molecule has 0 bridgehead atoms. The normalized spacial score (nSPS) is 18.5. The van der Waals surface area contributed by atoms with Crippen LogP contribution in [0.5, 0.6) is 0 Å². The first-order chi connectivity index (χ1) is 8.28. The van der Waals surface area contributed by atoms with Crippen LogP contribution in [0.4, 0.5) is 0 Å². The van der Waals surface area contributed by atoms with E-state index in [0.717, 1.165) is 49.6 Å². The number of halogens is 2. The molecule has 2 rings (SSSR count). The fourth-order valence-corrected chi connectivity index (χ4v) is 2.74. The molecule has 1 aliphatic rings. The van der Waals surface area contributed by atoms with Crippen molar-refractivity contribution < 1.29 is 0 Å². The zero-order valence-corrected chi connectivity index (χ0v) is 12.1. The molecule has 17 heavy (non-hydrogen) atoms. The van der Waals surface area contributed by atoms with Gasteiger partial charge in [0.1, 0.15) is 0 Å². The molecule has 1 aromatic heterocycles. The fourth-order valence-electron chi connectivity index (χ4n) is 2.09. The van der Waals surface area contributed by atoms with Gasteiger partial charge in [-0.25, -0.2) is 0 Å². The number of hydrogen-bond acceptors (Lipinski definition) is 3. The summed E-state index contributed by atoms with van der Waals surface area (Å²) in [6, 6.07) is 2.14. The molecule has 0 radical (unpaired) electrons. The van der Waals surface area contributed by atoms with Gasteiger partial charge in [0.05, 0.1) is 0 Å². The minimum absolute atomic E-state index is 0.732. The largest absolute Gasteiger partial charge is 0.300 e. The van der Waals surface area contributed by atoms with Crippen molar-refractivity contribution in [3.63, 3.8) is 0 Å². The summed E-state index contributed by atoms with van der Waals surface area (Å²) in [6.07, 6.45) is 3.76. The van der Waals surface area contributed by atoms with Gasteiger partial charge < -0.3 is 0 Å². The summed E-state index contributed by atoms with van der Waals surface area (Å²) in [5, 5.41) is 0. The van der Waals surface area contributed by atoms with Crippen molar-refractivity contribution in [3.05, 3.63) is 28.5 Å². The van der Waals surface area contributed by atoms with E-state index in [0.29, 0.717) is 0 Å². The van der Waals surface area contributed by atoms with Crippen LogP contribution in [-0.4, -0.2) is 53.4 Å². The maximum atomic E-state index is 5.75. The third-order valence-electron chi connectivity index (χ3n) is 3.03. The van der Waals surface area contributed by atoms with Gasteiger partial charge in [-0.15, -0.1) is 11.6 Å². The van der Waals surface area contributed by atoms with Crippen molar-refractivity contribution in [2.75, 3.05) is 38.6 Å². The van der Waals surface area contributed by atoms with Gasteiger partial charge in [-0.1, -0.05) is 0 Å². The van der Waals surface area contributed by atoms with Crippen molar-refractivity contribution in [1.82, 2.24) is 14.8 Å². The second-order valence-electron chi connectivity index (χ2n) is 4.32. The number of rotatable bonds is 4. The molecule has 94 valence electrons. The lowest BCUT2D eigenvalue weighted by molar-refractivity contribution is 0.132. The van der Waals surface area contributed by atoms with E-state index in [1.165, 1.54) is 5.56 Å². The van der Waals surface area contributed by atoms with E-state index in [9.17, 15) is 0 Å². The van der Waals surface area contributed by atoms with E-state index >= 15 is 0 Å². The Hall–Kier alpha value is -0.160. The summed E-state index contributed by atoms with van der Waals surface area (Å²) in [5.41, 5.74) is 1.27. The monoisotopic (exact) mass is 317 g/mol. The van der Waals surface area contributed by atoms with E-state index < -0.39 is 0 Å². The van der Waals surface area contributed by atoms with Crippen LogP contribution >= 0.6 is 27.5 Å². The summed E-state index contributed by atoms with van der Waals surface area (Å²) in [6.45, 7) is 6.46. The highest BCUT2D eigenvalue weighted by molar-refractivity contribution is 9.10. The maximum Gasteiger partial charge on any atom is 0.0410 e. The van der Waals surface area contributed by atoms with E-state index in [4.69, 9.17) is 11.6 Å². The van der Waals surface area contributed by atoms with E-state index in [-0.39, 0.29) is 0 Å². The molecule has 0 N–H and O–H groups in total. The Morgan fingerprint density at radius 3 is 2.53 bits per heavy atom. The molecule has 0 saturated carbocycles. The zero-order valence-electron chi connectivity index (χ0n) is 9.78. The molecule has 1 fully saturated rings.